The Morgan fingerprint density at radius 3 is 2.87 bits per heavy atom. The molecule has 0 aliphatic carbocycles. The van der Waals surface area contributed by atoms with Gasteiger partial charge in [-0.05, 0) is 38.3 Å². The van der Waals surface area contributed by atoms with Gasteiger partial charge in [-0.3, -0.25) is 9.78 Å². The van der Waals surface area contributed by atoms with Gasteiger partial charge in [0.1, 0.15) is 17.7 Å². The largest absolute Gasteiger partial charge is 0.504 e. The number of rotatable bonds is 3. The van der Waals surface area contributed by atoms with E-state index in [1.165, 1.54) is 6.07 Å². The fraction of sp³-hybridized carbons (Fsp3) is 0.409. The molecule has 4 atom stereocenters. The van der Waals surface area contributed by atoms with Crippen molar-refractivity contribution in [1.82, 2.24) is 15.3 Å². The summed E-state index contributed by atoms with van der Waals surface area (Å²) in [5.74, 6) is 0.845. The third-order valence-electron chi connectivity index (χ3n) is 6.32. The minimum Gasteiger partial charge on any atom is -0.504 e. The fourth-order valence-corrected chi connectivity index (χ4v) is 4.69. The highest BCUT2D eigenvalue weighted by Crippen LogP contribution is 2.35. The van der Waals surface area contributed by atoms with Gasteiger partial charge in [-0.2, -0.15) is 0 Å². The van der Waals surface area contributed by atoms with Crippen LogP contribution in [0.25, 0.3) is 22.2 Å². The van der Waals surface area contributed by atoms with Gasteiger partial charge in [-0.15, -0.1) is 0 Å². The molecule has 0 amide bonds. The Morgan fingerprint density at radius 1 is 1.27 bits per heavy atom. The summed E-state index contributed by atoms with van der Waals surface area (Å²) in [5.41, 5.74) is 0.778. The first-order valence-electron chi connectivity index (χ1n) is 10.1. The van der Waals surface area contributed by atoms with Gasteiger partial charge in [0.2, 0.25) is 0 Å². The molecule has 2 aliphatic heterocycles. The molecule has 0 spiro atoms. The number of halogens is 1. The van der Waals surface area contributed by atoms with Crippen molar-refractivity contribution in [1.29, 1.82) is 0 Å². The highest BCUT2D eigenvalue weighted by Gasteiger charge is 2.43. The lowest BCUT2D eigenvalue weighted by atomic mass is 9.96. The molecule has 156 valence electrons. The summed E-state index contributed by atoms with van der Waals surface area (Å²) in [5, 5.41) is 14.3. The predicted molar refractivity (Wildman–Crippen MR) is 112 cm³/mol. The average molecular weight is 410 g/mol. The molecule has 2 aromatic heterocycles. The number of benzene rings is 1. The van der Waals surface area contributed by atoms with E-state index in [1.807, 2.05) is 11.9 Å². The lowest BCUT2D eigenvalue weighted by molar-refractivity contribution is 0.176. The zero-order valence-corrected chi connectivity index (χ0v) is 16.8. The molecule has 7 nitrogen and oxygen atoms in total. The maximum Gasteiger partial charge on any atom is 0.193 e. The summed E-state index contributed by atoms with van der Waals surface area (Å²) < 4.78 is 20.4. The lowest BCUT2D eigenvalue weighted by Crippen LogP contribution is -2.55. The number of piperidine rings is 1. The smallest absolute Gasteiger partial charge is 0.193 e. The SMILES string of the molecule is Cc1cc(=O)c2ccc(-c3cnc(N(C)[C@H]4C[C@@H]5CCC(N5)[C@H]4F)cn3)c(O)c2o1. The second-order valence-corrected chi connectivity index (χ2v) is 8.23. The summed E-state index contributed by atoms with van der Waals surface area (Å²) in [7, 11) is 1.84. The molecule has 1 unspecified atom stereocenters. The van der Waals surface area contributed by atoms with Crippen LogP contribution in [0.5, 0.6) is 5.75 Å². The van der Waals surface area contributed by atoms with Crippen LogP contribution in [0.3, 0.4) is 0 Å². The summed E-state index contributed by atoms with van der Waals surface area (Å²) in [6, 6.07) is 4.65. The van der Waals surface area contributed by atoms with Crippen LogP contribution in [0, 0.1) is 6.92 Å². The molecule has 2 aliphatic rings. The minimum absolute atomic E-state index is 0.0870. The first kappa shape index (κ1) is 19.0. The lowest BCUT2D eigenvalue weighted by Gasteiger charge is -2.38. The van der Waals surface area contributed by atoms with Crippen LogP contribution in [0.2, 0.25) is 0 Å². The number of anilines is 1. The maximum absolute atomic E-state index is 14.9. The van der Waals surface area contributed by atoms with Gasteiger partial charge in [-0.1, -0.05) is 0 Å². The molecular formula is C22H23FN4O3. The number of aromatic hydroxyl groups is 1. The van der Waals surface area contributed by atoms with Crippen LogP contribution in [-0.4, -0.2) is 46.4 Å². The monoisotopic (exact) mass is 410 g/mol. The van der Waals surface area contributed by atoms with Crippen molar-refractivity contribution in [2.45, 2.75) is 50.5 Å². The van der Waals surface area contributed by atoms with E-state index in [9.17, 15) is 14.3 Å². The van der Waals surface area contributed by atoms with Gasteiger partial charge in [0.15, 0.2) is 16.8 Å². The molecule has 2 bridgehead atoms. The third-order valence-corrected chi connectivity index (χ3v) is 6.32. The second kappa shape index (κ2) is 7.05. The number of nitrogens with zero attached hydrogens (tertiary/aromatic N) is 3. The van der Waals surface area contributed by atoms with E-state index in [4.69, 9.17) is 4.42 Å². The number of hydrogen-bond donors (Lipinski definition) is 2. The molecular weight excluding hydrogens is 387 g/mol. The average Bonchev–Trinajstić information content (AvgIpc) is 3.15. The van der Waals surface area contributed by atoms with E-state index >= 15 is 0 Å². The highest BCUT2D eigenvalue weighted by molar-refractivity contribution is 5.89. The Balaban J connectivity index is 1.45. The highest BCUT2D eigenvalue weighted by atomic mass is 19.1. The van der Waals surface area contributed by atoms with Gasteiger partial charge in [0, 0.05) is 30.8 Å². The summed E-state index contributed by atoms with van der Waals surface area (Å²) in [6.45, 7) is 1.66. The van der Waals surface area contributed by atoms with Gasteiger partial charge >= 0.3 is 0 Å². The fourth-order valence-electron chi connectivity index (χ4n) is 4.69. The quantitative estimate of drug-likeness (QED) is 0.686. The Morgan fingerprint density at radius 2 is 2.10 bits per heavy atom. The topological polar surface area (TPSA) is 91.5 Å². The molecule has 0 radical (unpaired) electrons. The van der Waals surface area contributed by atoms with Gasteiger partial charge in [0.25, 0.3) is 0 Å². The molecule has 2 saturated heterocycles. The van der Waals surface area contributed by atoms with E-state index < -0.39 is 6.17 Å². The number of aryl methyl sites for hydroxylation is 1. The van der Waals surface area contributed by atoms with Crippen molar-refractivity contribution < 1.29 is 13.9 Å². The van der Waals surface area contributed by atoms with E-state index in [0.717, 1.165) is 19.3 Å². The van der Waals surface area contributed by atoms with E-state index in [0.29, 0.717) is 34.3 Å². The molecule has 2 N–H and O–H groups in total. The van der Waals surface area contributed by atoms with Crippen molar-refractivity contribution in [3.63, 3.8) is 0 Å². The first-order chi connectivity index (χ1) is 14.4. The van der Waals surface area contributed by atoms with Gasteiger partial charge in [0.05, 0.1) is 29.5 Å². The van der Waals surface area contributed by atoms with Crippen LogP contribution < -0.4 is 15.6 Å². The number of aromatic nitrogens is 2. The van der Waals surface area contributed by atoms with Crippen molar-refractivity contribution >= 4 is 16.8 Å². The number of alkyl halides is 1. The number of fused-ring (bicyclic) bond motifs is 3. The van der Waals surface area contributed by atoms with Crippen molar-refractivity contribution in [3.05, 3.63) is 46.6 Å². The molecule has 3 aromatic rings. The Hall–Kier alpha value is -3.00. The molecule has 4 heterocycles. The molecule has 0 saturated carbocycles. The Labute approximate surface area is 172 Å². The zero-order valence-electron chi connectivity index (χ0n) is 16.8. The summed E-state index contributed by atoms with van der Waals surface area (Å²) in [6.07, 6.45) is 4.80. The van der Waals surface area contributed by atoms with Crippen LogP contribution in [0.1, 0.15) is 25.0 Å². The molecule has 30 heavy (non-hydrogen) atoms. The van der Waals surface area contributed by atoms with Crippen molar-refractivity contribution in [2.75, 3.05) is 11.9 Å². The molecule has 2 fully saturated rings. The normalized spacial score (nSPS) is 25.6. The van der Waals surface area contributed by atoms with Crippen LogP contribution in [-0.2, 0) is 0 Å². The van der Waals surface area contributed by atoms with Crippen LogP contribution >= 0.6 is 0 Å². The molecule has 8 heteroatoms. The van der Waals surface area contributed by atoms with Gasteiger partial charge < -0.3 is 19.7 Å². The summed E-state index contributed by atoms with van der Waals surface area (Å²) >= 11 is 0. The van der Waals surface area contributed by atoms with Gasteiger partial charge in [-0.25, -0.2) is 9.37 Å². The Kier molecular flexibility index (Phi) is 4.47. The molecule has 5 rings (SSSR count). The summed E-state index contributed by atoms with van der Waals surface area (Å²) in [4.78, 5) is 22.9. The predicted octanol–water partition coefficient (Wildman–Crippen LogP) is 2.93. The van der Waals surface area contributed by atoms with Crippen molar-refractivity contribution in [2.24, 2.45) is 0 Å². The van der Waals surface area contributed by atoms with Crippen LogP contribution in [0.4, 0.5) is 10.2 Å². The number of phenols is 1. The zero-order chi connectivity index (χ0) is 21.0. The first-order valence-corrected chi connectivity index (χ1v) is 10.1. The second-order valence-electron chi connectivity index (χ2n) is 8.23. The van der Waals surface area contributed by atoms with Crippen molar-refractivity contribution in [3.8, 4) is 17.0 Å². The van der Waals surface area contributed by atoms with E-state index in [-0.39, 0.29) is 28.8 Å². The van der Waals surface area contributed by atoms with E-state index in [2.05, 4.69) is 15.3 Å². The van der Waals surface area contributed by atoms with Crippen LogP contribution in [0.15, 0.2) is 39.8 Å². The third kappa shape index (κ3) is 3.02. The molecule has 1 aromatic carbocycles. The Bertz CT molecular complexity index is 1160. The number of hydrogen-bond acceptors (Lipinski definition) is 7. The standard InChI is InChI=1S/C22H23FN4O3/c1-11-7-18(28)14-5-4-13(21(29)22(14)30-11)16-9-25-19(10-24-16)27(2)17-8-12-3-6-15(26-12)20(17)23/h4-5,7,9-10,12,15,17,20,26,29H,3,6,8H2,1-2H3/t12-,15?,17-,20+/m0/s1. The number of nitrogens with one attached hydrogen (secondary N) is 1. The van der Waals surface area contributed by atoms with E-state index in [1.54, 1.807) is 31.5 Å². The maximum atomic E-state index is 14.9. The minimum atomic E-state index is -0.953. The number of phenolic OH excluding ortho intramolecular Hbond substituents is 1.